The van der Waals surface area contributed by atoms with E-state index in [0.29, 0.717) is 5.46 Å². The fourth-order valence-electron chi connectivity index (χ4n) is 1.78. The quantitative estimate of drug-likeness (QED) is 0.471. The van der Waals surface area contributed by atoms with E-state index < -0.39 is 31.6 Å². The predicted octanol–water partition coefficient (Wildman–Crippen LogP) is -1.92. The molecule has 0 saturated heterocycles. The number of aliphatic hydroxyl groups is 1. The SMILES string of the molecule is O=C(NC(CO)C(=O)O)c1ccc2c(c1)B(O)OC2. The molecule has 0 aliphatic carbocycles. The molecule has 7 nitrogen and oxygen atoms in total. The summed E-state index contributed by atoms with van der Waals surface area (Å²) in [7, 11) is -1.07. The number of carboxylic acid groups (broad SMARTS) is 1. The zero-order valence-electron chi connectivity index (χ0n) is 9.87. The lowest BCUT2D eigenvalue weighted by Gasteiger charge is -2.12. The summed E-state index contributed by atoms with van der Waals surface area (Å²) in [5.74, 6) is -1.95. The van der Waals surface area contributed by atoms with Crippen LogP contribution in [0.5, 0.6) is 0 Å². The highest BCUT2D eigenvalue weighted by Crippen LogP contribution is 2.11. The molecule has 1 atom stereocenters. The van der Waals surface area contributed by atoms with Crippen LogP contribution < -0.4 is 10.8 Å². The number of hydrogen-bond donors (Lipinski definition) is 4. The number of aliphatic carboxylic acids is 1. The van der Waals surface area contributed by atoms with Crippen LogP contribution in [0.15, 0.2) is 18.2 Å². The predicted molar refractivity (Wildman–Crippen MR) is 64.8 cm³/mol. The van der Waals surface area contributed by atoms with Crippen LogP contribution in [0.4, 0.5) is 0 Å². The van der Waals surface area contributed by atoms with Gasteiger partial charge in [0.05, 0.1) is 13.2 Å². The molecule has 0 radical (unpaired) electrons. The normalized spacial score (nSPS) is 14.9. The number of nitrogens with one attached hydrogen (secondary N) is 1. The van der Waals surface area contributed by atoms with Crippen LogP contribution in [0.1, 0.15) is 15.9 Å². The summed E-state index contributed by atoms with van der Waals surface area (Å²) in [4.78, 5) is 22.5. The van der Waals surface area contributed by atoms with Crippen LogP contribution in [0.25, 0.3) is 0 Å². The molecule has 0 bridgehead atoms. The van der Waals surface area contributed by atoms with E-state index in [-0.39, 0.29) is 12.2 Å². The van der Waals surface area contributed by atoms with E-state index in [1.54, 1.807) is 6.07 Å². The average Bonchev–Trinajstić information content (AvgIpc) is 2.76. The highest BCUT2D eigenvalue weighted by molar-refractivity contribution is 6.61. The molecule has 4 N–H and O–H groups in total. The van der Waals surface area contributed by atoms with Crippen molar-refractivity contribution in [2.45, 2.75) is 12.6 Å². The standard InChI is InChI=1S/C11H12BNO6/c14-4-9(11(16)17)13-10(15)6-1-2-7-5-19-12(18)8(7)3-6/h1-3,9,14,18H,4-5H2,(H,13,15)(H,16,17). The average molecular weight is 265 g/mol. The number of aliphatic hydroxyl groups excluding tert-OH is 1. The molecule has 1 unspecified atom stereocenters. The highest BCUT2D eigenvalue weighted by Gasteiger charge is 2.28. The third-order valence-electron chi connectivity index (χ3n) is 2.86. The number of carbonyl (C=O) groups excluding carboxylic acids is 1. The zero-order chi connectivity index (χ0) is 14.0. The van der Waals surface area contributed by atoms with Gasteiger partial charge in [0.25, 0.3) is 5.91 Å². The summed E-state index contributed by atoms with van der Waals surface area (Å²) in [5.41, 5.74) is 1.47. The Labute approximate surface area is 109 Å². The summed E-state index contributed by atoms with van der Waals surface area (Å²) in [5, 5.41) is 29.3. The first-order valence-corrected chi connectivity index (χ1v) is 5.60. The van der Waals surface area contributed by atoms with Crippen molar-refractivity contribution in [3.63, 3.8) is 0 Å². The second-order valence-electron chi connectivity index (χ2n) is 4.12. The number of fused-ring (bicyclic) bond motifs is 1. The first kappa shape index (κ1) is 13.5. The molecule has 2 rings (SSSR count). The van der Waals surface area contributed by atoms with Crippen molar-refractivity contribution >= 4 is 24.5 Å². The number of rotatable bonds is 4. The van der Waals surface area contributed by atoms with E-state index in [1.807, 2.05) is 0 Å². The van der Waals surface area contributed by atoms with Gasteiger partial charge in [-0.3, -0.25) is 4.79 Å². The first-order chi connectivity index (χ1) is 9.02. The van der Waals surface area contributed by atoms with E-state index in [2.05, 4.69) is 5.32 Å². The molecule has 0 spiro atoms. The van der Waals surface area contributed by atoms with Gasteiger partial charge in [0.15, 0.2) is 6.04 Å². The van der Waals surface area contributed by atoms with Gasteiger partial charge in [-0.2, -0.15) is 0 Å². The number of benzene rings is 1. The maximum atomic E-state index is 11.8. The second-order valence-corrected chi connectivity index (χ2v) is 4.12. The van der Waals surface area contributed by atoms with E-state index in [9.17, 15) is 14.6 Å². The van der Waals surface area contributed by atoms with Gasteiger partial charge in [-0.15, -0.1) is 0 Å². The van der Waals surface area contributed by atoms with Crippen LogP contribution in [0.3, 0.4) is 0 Å². The molecule has 100 valence electrons. The minimum Gasteiger partial charge on any atom is -0.480 e. The Morgan fingerprint density at radius 2 is 2.21 bits per heavy atom. The lowest BCUT2D eigenvalue weighted by molar-refractivity contribution is -0.140. The van der Waals surface area contributed by atoms with Crippen LogP contribution >= 0.6 is 0 Å². The molecular weight excluding hydrogens is 253 g/mol. The Morgan fingerprint density at radius 1 is 1.47 bits per heavy atom. The smallest absolute Gasteiger partial charge is 0.480 e. The molecular formula is C11H12BNO6. The second kappa shape index (κ2) is 5.39. The number of amides is 1. The number of carboxylic acids is 1. The topological polar surface area (TPSA) is 116 Å². The van der Waals surface area contributed by atoms with Crippen LogP contribution in [-0.4, -0.2) is 46.9 Å². The van der Waals surface area contributed by atoms with Gasteiger partial charge in [-0.25, -0.2) is 4.79 Å². The third-order valence-corrected chi connectivity index (χ3v) is 2.86. The molecule has 1 amide bonds. The maximum Gasteiger partial charge on any atom is 0.491 e. The van der Waals surface area contributed by atoms with Crippen LogP contribution in [0.2, 0.25) is 0 Å². The molecule has 19 heavy (non-hydrogen) atoms. The molecule has 1 aromatic rings. The lowest BCUT2D eigenvalue weighted by atomic mass is 9.79. The Balaban J connectivity index is 2.16. The van der Waals surface area contributed by atoms with Crippen LogP contribution in [0, 0.1) is 0 Å². The molecule has 8 heteroatoms. The Hall–Kier alpha value is -1.90. The van der Waals surface area contributed by atoms with E-state index >= 15 is 0 Å². The van der Waals surface area contributed by atoms with Crippen molar-refractivity contribution in [3.8, 4) is 0 Å². The highest BCUT2D eigenvalue weighted by atomic mass is 16.5. The van der Waals surface area contributed by atoms with Crippen molar-refractivity contribution in [2.75, 3.05) is 6.61 Å². The summed E-state index contributed by atoms with van der Waals surface area (Å²) >= 11 is 0. The van der Waals surface area contributed by atoms with Crippen LogP contribution in [-0.2, 0) is 16.1 Å². The van der Waals surface area contributed by atoms with Gasteiger partial charge >= 0.3 is 13.1 Å². The van der Waals surface area contributed by atoms with Gasteiger partial charge in [-0.05, 0) is 23.2 Å². The number of hydrogen-bond acceptors (Lipinski definition) is 5. The summed E-state index contributed by atoms with van der Waals surface area (Å²) in [6.07, 6.45) is 0. The molecule has 0 fully saturated rings. The van der Waals surface area contributed by atoms with E-state index in [0.717, 1.165) is 5.56 Å². The fraction of sp³-hybridized carbons (Fsp3) is 0.273. The Bertz CT molecular complexity index is 520. The van der Waals surface area contributed by atoms with Gasteiger partial charge in [0.1, 0.15) is 0 Å². The molecule has 1 aliphatic rings. The summed E-state index contributed by atoms with van der Waals surface area (Å²) in [6.45, 7) is -0.426. The Kier molecular flexibility index (Phi) is 3.84. The molecule has 1 aromatic carbocycles. The third kappa shape index (κ3) is 2.75. The molecule has 1 aliphatic heterocycles. The number of carbonyl (C=O) groups is 2. The minimum absolute atomic E-state index is 0.197. The van der Waals surface area contributed by atoms with Gasteiger partial charge in [0.2, 0.25) is 0 Å². The van der Waals surface area contributed by atoms with Crippen molar-refractivity contribution < 1.29 is 29.5 Å². The van der Waals surface area contributed by atoms with E-state index in [4.69, 9.17) is 14.9 Å². The monoisotopic (exact) mass is 265 g/mol. The van der Waals surface area contributed by atoms with E-state index in [1.165, 1.54) is 12.1 Å². The molecule has 1 heterocycles. The molecule has 0 saturated carbocycles. The lowest BCUT2D eigenvalue weighted by Crippen LogP contribution is -2.43. The fourth-order valence-corrected chi connectivity index (χ4v) is 1.78. The van der Waals surface area contributed by atoms with Crippen molar-refractivity contribution in [3.05, 3.63) is 29.3 Å². The van der Waals surface area contributed by atoms with Gasteiger partial charge in [0, 0.05) is 5.56 Å². The van der Waals surface area contributed by atoms with Crippen molar-refractivity contribution in [1.82, 2.24) is 5.32 Å². The molecule has 0 aromatic heterocycles. The minimum atomic E-state index is -1.36. The zero-order valence-corrected chi connectivity index (χ0v) is 9.87. The van der Waals surface area contributed by atoms with Gasteiger partial charge < -0.3 is 25.2 Å². The Morgan fingerprint density at radius 3 is 2.84 bits per heavy atom. The van der Waals surface area contributed by atoms with Crippen molar-refractivity contribution in [1.29, 1.82) is 0 Å². The largest absolute Gasteiger partial charge is 0.491 e. The van der Waals surface area contributed by atoms with Crippen molar-refractivity contribution in [2.24, 2.45) is 0 Å². The summed E-state index contributed by atoms with van der Waals surface area (Å²) < 4.78 is 4.99. The van der Waals surface area contributed by atoms with Gasteiger partial charge in [-0.1, -0.05) is 6.07 Å². The maximum absolute atomic E-state index is 11.8. The summed E-state index contributed by atoms with van der Waals surface area (Å²) in [6, 6.07) is 3.22. The first-order valence-electron chi connectivity index (χ1n) is 5.60.